The maximum atomic E-state index is 12.6. The molecule has 0 bridgehead atoms. The fraction of sp³-hybridized carbons (Fsp3) is 0.400. The molecule has 1 aromatic carbocycles. The van der Waals surface area contributed by atoms with Crippen LogP contribution in [0, 0.1) is 0 Å². The molecular formula is C15H18N2O3S. The van der Waals surface area contributed by atoms with Crippen LogP contribution >= 0.6 is 0 Å². The molecule has 112 valence electrons. The Morgan fingerprint density at radius 3 is 2.67 bits per heavy atom. The van der Waals surface area contributed by atoms with Gasteiger partial charge in [-0.25, -0.2) is 8.42 Å². The SMILES string of the molecule is O=C1C=C(C2CCCN2S(=O)(=O)Cc2ccccc2)NC1. The number of benzene rings is 1. The zero-order valence-electron chi connectivity index (χ0n) is 11.7. The summed E-state index contributed by atoms with van der Waals surface area (Å²) in [5.41, 5.74) is 1.53. The Labute approximate surface area is 124 Å². The number of nitrogens with zero attached hydrogens (tertiary/aromatic N) is 1. The van der Waals surface area contributed by atoms with Gasteiger partial charge < -0.3 is 5.32 Å². The van der Waals surface area contributed by atoms with Crippen LogP contribution in [0.2, 0.25) is 0 Å². The van der Waals surface area contributed by atoms with Gasteiger partial charge in [0.05, 0.1) is 18.3 Å². The summed E-state index contributed by atoms with van der Waals surface area (Å²) in [5, 5.41) is 3.02. The van der Waals surface area contributed by atoms with E-state index in [0.717, 1.165) is 24.1 Å². The van der Waals surface area contributed by atoms with Crippen molar-refractivity contribution < 1.29 is 13.2 Å². The van der Waals surface area contributed by atoms with Crippen LogP contribution in [-0.4, -0.2) is 37.6 Å². The normalized spacial score (nSPS) is 23.1. The summed E-state index contributed by atoms with van der Waals surface area (Å²) in [7, 11) is -3.38. The predicted molar refractivity (Wildman–Crippen MR) is 79.9 cm³/mol. The summed E-state index contributed by atoms with van der Waals surface area (Å²) in [4.78, 5) is 11.4. The van der Waals surface area contributed by atoms with E-state index < -0.39 is 10.0 Å². The maximum absolute atomic E-state index is 12.6. The van der Waals surface area contributed by atoms with Gasteiger partial charge in [-0.3, -0.25) is 4.79 Å². The molecule has 0 spiro atoms. The fourth-order valence-electron chi connectivity index (χ4n) is 2.93. The molecule has 1 saturated heterocycles. The van der Waals surface area contributed by atoms with E-state index in [2.05, 4.69) is 5.32 Å². The third-order valence-corrected chi connectivity index (χ3v) is 5.74. The average Bonchev–Trinajstić information content (AvgIpc) is 3.07. The van der Waals surface area contributed by atoms with Crippen molar-refractivity contribution >= 4 is 15.8 Å². The molecule has 2 aliphatic heterocycles. The van der Waals surface area contributed by atoms with Crippen molar-refractivity contribution in [2.75, 3.05) is 13.1 Å². The van der Waals surface area contributed by atoms with Gasteiger partial charge in [-0.2, -0.15) is 4.31 Å². The van der Waals surface area contributed by atoms with Crippen LogP contribution in [0.4, 0.5) is 0 Å². The van der Waals surface area contributed by atoms with E-state index in [1.807, 2.05) is 30.3 Å². The molecule has 2 aliphatic rings. The van der Waals surface area contributed by atoms with Gasteiger partial charge >= 0.3 is 0 Å². The molecule has 0 saturated carbocycles. The smallest absolute Gasteiger partial charge is 0.218 e. The Bertz CT molecular complexity index is 667. The van der Waals surface area contributed by atoms with E-state index in [1.165, 1.54) is 4.31 Å². The molecule has 2 heterocycles. The second-order valence-electron chi connectivity index (χ2n) is 5.43. The van der Waals surface area contributed by atoms with Crippen molar-refractivity contribution in [3.05, 3.63) is 47.7 Å². The topological polar surface area (TPSA) is 66.5 Å². The highest BCUT2D eigenvalue weighted by molar-refractivity contribution is 7.88. The first kappa shape index (κ1) is 14.3. The lowest BCUT2D eigenvalue weighted by Gasteiger charge is -2.25. The zero-order valence-corrected chi connectivity index (χ0v) is 12.5. The first-order valence-corrected chi connectivity index (χ1v) is 8.69. The highest BCUT2D eigenvalue weighted by Crippen LogP contribution is 2.28. The number of hydrogen-bond donors (Lipinski definition) is 1. The Hall–Kier alpha value is -1.66. The summed E-state index contributed by atoms with van der Waals surface area (Å²) < 4.78 is 26.8. The number of carbonyl (C=O) groups excluding carboxylic acids is 1. The summed E-state index contributed by atoms with van der Waals surface area (Å²) in [6.07, 6.45) is 3.13. The molecule has 0 amide bonds. The van der Waals surface area contributed by atoms with E-state index >= 15 is 0 Å². The zero-order chi connectivity index (χ0) is 14.9. The molecule has 5 nitrogen and oxygen atoms in total. The van der Waals surface area contributed by atoms with Gasteiger partial charge in [0.1, 0.15) is 0 Å². The van der Waals surface area contributed by atoms with Crippen molar-refractivity contribution in [3.8, 4) is 0 Å². The number of sulfonamides is 1. The molecule has 1 N–H and O–H groups in total. The van der Waals surface area contributed by atoms with Crippen LogP contribution in [0.25, 0.3) is 0 Å². The average molecular weight is 306 g/mol. The number of hydrogen-bond acceptors (Lipinski definition) is 4. The minimum atomic E-state index is -3.38. The fourth-order valence-corrected chi connectivity index (χ4v) is 4.72. The van der Waals surface area contributed by atoms with Gasteiger partial charge in [0, 0.05) is 18.3 Å². The maximum Gasteiger partial charge on any atom is 0.218 e. The monoisotopic (exact) mass is 306 g/mol. The van der Waals surface area contributed by atoms with Crippen LogP contribution in [0.15, 0.2) is 42.1 Å². The van der Waals surface area contributed by atoms with E-state index in [4.69, 9.17) is 0 Å². The lowest BCUT2D eigenvalue weighted by molar-refractivity contribution is -0.113. The molecule has 0 aromatic heterocycles. The van der Waals surface area contributed by atoms with Crippen LogP contribution < -0.4 is 5.32 Å². The minimum absolute atomic E-state index is 0.00552. The van der Waals surface area contributed by atoms with Crippen LogP contribution in [0.1, 0.15) is 18.4 Å². The Kier molecular flexibility index (Phi) is 3.82. The van der Waals surface area contributed by atoms with Crippen molar-refractivity contribution in [1.82, 2.24) is 9.62 Å². The third-order valence-electron chi connectivity index (χ3n) is 3.90. The quantitative estimate of drug-likeness (QED) is 0.902. The van der Waals surface area contributed by atoms with Gasteiger partial charge in [-0.15, -0.1) is 0 Å². The molecule has 1 atom stereocenters. The van der Waals surface area contributed by atoms with Crippen LogP contribution in [-0.2, 0) is 20.6 Å². The van der Waals surface area contributed by atoms with Gasteiger partial charge in [0.2, 0.25) is 10.0 Å². The first-order valence-electron chi connectivity index (χ1n) is 7.08. The van der Waals surface area contributed by atoms with Crippen molar-refractivity contribution in [2.24, 2.45) is 0 Å². The molecule has 1 unspecified atom stereocenters. The van der Waals surface area contributed by atoms with Crippen molar-refractivity contribution in [3.63, 3.8) is 0 Å². The molecule has 0 aliphatic carbocycles. The van der Waals surface area contributed by atoms with E-state index in [1.54, 1.807) is 6.08 Å². The predicted octanol–water partition coefficient (Wildman–Crippen LogP) is 1.04. The third kappa shape index (κ3) is 3.01. The van der Waals surface area contributed by atoms with Gasteiger partial charge in [0.15, 0.2) is 5.78 Å². The van der Waals surface area contributed by atoms with E-state index in [0.29, 0.717) is 6.54 Å². The van der Waals surface area contributed by atoms with Crippen molar-refractivity contribution in [2.45, 2.75) is 24.6 Å². The van der Waals surface area contributed by atoms with Gasteiger partial charge in [-0.1, -0.05) is 30.3 Å². The molecule has 3 rings (SSSR count). The number of ketones is 1. The number of rotatable bonds is 4. The lowest BCUT2D eigenvalue weighted by atomic mass is 10.1. The Morgan fingerprint density at radius 2 is 2.00 bits per heavy atom. The standard InChI is InChI=1S/C15H18N2O3S/c18-13-9-14(16-10-13)15-7-4-8-17(15)21(19,20)11-12-5-2-1-3-6-12/h1-3,5-6,9,15-16H,4,7-8,10-11H2. The first-order chi connectivity index (χ1) is 10.1. The van der Waals surface area contributed by atoms with E-state index in [-0.39, 0.29) is 24.1 Å². The van der Waals surface area contributed by atoms with Crippen LogP contribution in [0.5, 0.6) is 0 Å². The lowest BCUT2D eigenvalue weighted by Crippen LogP contribution is -2.39. The Morgan fingerprint density at radius 1 is 1.24 bits per heavy atom. The summed E-state index contributed by atoms with van der Waals surface area (Å²) in [6, 6.07) is 8.97. The summed E-state index contributed by atoms with van der Waals surface area (Å²) in [5.74, 6) is 0.0169. The molecule has 21 heavy (non-hydrogen) atoms. The second-order valence-corrected chi connectivity index (χ2v) is 7.35. The van der Waals surface area contributed by atoms with Gasteiger partial charge in [0.25, 0.3) is 0 Å². The molecular weight excluding hydrogens is 288 g/mol. The number of carbonyl (C=O) groups is 1. The molecule has 6 heteroatoms. The Balaban J connectivity index is 1.81. The molecule has 1 fully saturated rings. The molecule has 0 radical (unpaired) electrons. The highest BCUT2D eigenvalue weighted by atomic mass is 32.2. The summed E-state index contributed by atoms with van der Waals surface area (Å²) in [6.45, 7) is 0.797. The molecule has 1 aromatic rings. The van der Waals surface area contributed by atoms with Crippen molar-refractivity contribution in [1.29, 1.82) is 0 Å². The van der Waals surface area contributed by atoms with E-state index in [9.17, 15) is 13.2 Å². The second kappa shape index (κ2) is 5.61. The largest absolute Gasteiger partial charge is 0.379 e. The minimum Gasteiger partial charge on any atom is -0.379 e. The van der Waals surface area contributed by atoms with Crippen LogP contribution in [0.3, 0.4) is 0 Å². The highest BCUT2D eigenvalue weighted by Gasteiger charge is 2.37. The number of nitrogens with one attached hydrogen (secondary N) is 1. The summed E-state index contributed by atoms with van der Waals surface area (Å²) >= 11 is 0. The van der Waals surface area contributed by atoms with Gasteiger partial charge in [-0.05, 0) is 18.4 Å².